The van der Waals surface area contributed by atoms with Gasteiger partial charge in [-0.2, -0.15) is 0 Å². The van der Waals surface area contributed by atoms with Gasteiger partial charge in [0.15, 0.2) is 0 Å². The first-order valence-electron chi connectivity index (χ1n) is 12.3. The van der Waals surface area contributed by atoms with Crippen molar-refractivity contribution < 1.29 is 0 Å². The summed E-state index contributed by atoms with van der Waals surface area (Å²) in [6, 6.07) is 40.9. The van der Waals surface area contributed by atoms with Crippen molar-refractivity contribution in [2.45, 2.75) is 6.92 Å². The van der Waals surface area contributed by atoms with E-state index in [0.717, 1.165) is 44.7 Å². The second-order valence-electron chi connectivity index (χ2n) is 9.43. The standard InChI is InChI=1S/C32H22N4/c1-21-16-17-24-25-18-19-28-30(31(25)34(29(24)20-21)22-10-4-2-5-11-22)33-32-35(23-12-6-3-7-13-23)26-14-8-9-15-27(26)36(28)32/h2-20H,1H3. The van der Waals surface area contributed by atoms with Gasteiger partial charge in [0.1, 0.15) is 5.52 Å². The molecule has 36 heavy (non-hydrogen) atoms. The van der Waals surface area contributed by atoms with Gasteiger partial charge in [-0.05, 0) is 67.1 Å². The summed E-state index contributed by atoms with van der Waals surface area (Å²) in [6.07, 6.45) is 0. The molecule has 0 aliphatic carbocycles. The zero-order chi connectivity index (χ0) is 23.8. The Kier molecular flexibility index (Phi) is 3.84. The molecule has 0 atom stereocenters. The third-order valence-corrected chi connectivity index (χ3v) is 7.28. The van der Waals surface area contributed by atoms with Crippen LogP contribution in [0.25, 0.3) is 61.0 Å². The van der Waals surface area contributed by atoms with Gasteiger partial charge >= 0.3 is 0 Å². The molecule has 8 rings (SSSR count). The van der Waals surface area contributed by atoms with Crippen LogP contribution in [-0.4, -0.2) is 18.5 Å². The van der Waals surface area contributed by atoms with Crippen molar-refractivity contribution in [1.29, 1.82) is 0 Å². The molecule has 4 heteroatoms. The molecule has 5 aromatic carbocycles. The average Bonchev–Trinajstić information content (AvgIpc) is 3.56. The number of benzene rings is 5. The molecular formula is C32H22N4. The number of aromatic nitrogens is 4. The average molecular weight is 463 g/mol. The second-order valence-corrected chi connectivity index (χ2v) is 9.43. The van der Waals surface area contributed by atoms with Crippen LogP contribution in [0.15, 0.2) is 115 Å². The van der Waals surface area contributed by atoms with Gasteiger partial charge in [-0.25, -0.2) is 4.98 Å². The normalized spacial score (nSPS) is 12.0. The fourth-order valence-electron chi connectivity index (χ4n) is 5.75. The number of imidazole rings is 2. The summed E-state index contributed by atoms with van der Waals surface area (Å²) in [6.45, 7) is 2.15. The first kappa shape index (κ1) is 19.5. The minimum Gasteiger partial charge on any atom is -0.307 e. The third kappa shape index (κ3) is 2.50. The van der Waals surface area contributed by atoms with Crippen molar-refractivity contribution in [3.05, 3.63) is 121 Å². The van der Waals surface area contributed by atoms with Crippen LogP contribution in [0.3, 0.4) is 0 Å². The van der Waals surface area contributed by atoms with Gasteiger partial charge in [0.25, 0.3) is 0 Å². The maximum atomic E-state index is 5.37. The molecule has 0 bridgehead atoms. The summed E-state index contributed by atoms with van der Waals surface area (Å²) in [4.78, 5) is 5.37. The van der Waals surface area contributed by atoms with E-state index in [1.54, 1.807) is 0 Å². The van der Waals surface area contributed by atoms with Gasteiger partial charge in [0, 0.05) is 22.1 Å². The highest BCUT2D eigenvalue weighted by molar-refractivity contribution is 6.18. The smallest absolute Gasteiger partial charge is 0.220 e. The number of fused-ring (bicyclic) bond motifs is 9. The van der Waals surface area contributed by atoms with Crippen LogP contribution in [0.2, 0.25) is 0 Å². The van der Waals surface area contributed by atoms with E-state index in [4.69, 9.17) is 4.98 Å². The highest BCUT2D eigenvalue weighted by atomic mass is 15.2. The summed E-state index contributed by atoms with van der Waals surface area (Å²) in [5, 5.41) is 2.47. The zero-order valence-electron chi connectivity index (χ0n) is 19.8. The fraction of sp³-hybridized carbons (Fsp3) is 0.0312. The lowest BCUT2D eigenvalue weighted by Crippen LogP contribution is -1.95. The van der Waals surface area contributed by atoms with Crippen molar-refractivity contribution in [3.63, 3.8) is 0 Å². The van der Waals surface area contributed by atoms with Crippen LogP contribution >= 0.6 is 0 Å². The van der Waals surface area contributed by atoms with Crippen LogP contribution in [0.4, 0.5) is 0 Å². The molecule has 170 valence electrons. The van der Waals surface area contributed by atoms with Crippen LogP contribution < -0.4 is 0 Å². The van der Waals surface area contributed by atoms with Crippen molar-refractivity contribution in [1.82, 2.24) is 18.5 Å². The predicted octanol–water partition coefficient (Wildman–Crippen LogP) is 7.84. The van der Waals surface area contributed by atoms with Gasteiger partial charge in [-0.1, -0.05) is 60.7 Å². The van der Waals surface area contributed by atoms with Crippen molar-refractivity contribution in [2.24, 2.45) is 0 Å². The van der Waals surface area contributed by atoms with Crippen molar-refractivity contribution in [3.8, 4) is 11.4 Å². The lowest BCUT2D eigenvalue weighted by atomic mass is 10.1. The summed E-state index contributed by atoms with van der Waals surface area (Å²) in [5.41, 5.74) is 10.3. The Bertz CT molecular complexity index is 2090. The van der Waals surface area contributed by atoms with Gasteiger partial charge in [-0.15, -0.1) is 0 Å². The molecule has 0 aliphatic heterocycles. The van der Waals surface area contributed by atoms with E-state index < -0.39 is 0 Å². The molecule has 0 saturated carbocycles. The van der Waals surface area contributed by atoms with Crippen molar-refractivity contribution >= 4 is 49.7 Å². The third-order valence-electron chi connectivity index (χ3n) is 7.28. The molecule has 0 aliphatic rings. The summed E-state index contributed by atoms with van der Waals surface area (Å²) < 4.78 is 6.94. The topological polar surface area (TPSA) is 27.2 Å². The molecular weight excluding hydrogens is 440 g/mol. The van der Waals surface area contributed by atoms with E-state index in [-0.39, 0.29) is 0 Å². The number of hydrogen-bond acceptors (Lipinski definition) is 1. The first-order valence-corrected chi connectivity index (χ1v) is 12.3. The van der Waals surface area contributed by atoms with E-state index in [9.17, 15) is 0 Å². The quantitative estimate of drug-likeness (QED) is 0.257. The highest BCUT2D eigenvalue weighted by Gasteiger charge is 2.22. The van der Waals surface area contributed by atoms with Crippen LogP contribution in [0.5, 0.6) is 0 Å². The van der Waals surface area contributed by atoms with Crippen LogP contribution in [0, 0.1) is 6.92 Å². The number of aryl methyl sites for hydroxylation is 1. The summed E-state index contributed by atoms with van der Waals surface area (Å²) >= 11 is 0. The maximum Gasteiger partial charge on any atom is 0.220 e. The molecule has 3 aromatic heterocycles. The number of para-hydroxylation sites is 4. The Balaban J connectivity index is 1.61. The van der Waals surface area contributed by atoms with E-state index in [2.05, 4.69) is 136 Å². The molecule has 0 unspecified atom stereocenters. The van der Waals surface area contributed by atoms with Gasteiger partial charge in [-0.3, -0.25) is 8.97 Å². The highest BCUT2D eigenvalue weighted by Crippen LogP contribution is 2.38. The Hall–Kier alpha value is -4.83. The molecule has 3 heterocycles. The van der Waals surface area contributed by atoms with E-state index in [0.29, 0.717) is 0 Å². The molecule has 0 N–H and O–H groups in total. The van der Waals surface area contributed by atoms with E-state index >= 15 is 0 Å². The Morgan fingerprint density at radius 2 is 1.17 bits per heavy atom. The molecule has 0 radical (unpaired) electrons. The Morgan fingerprint density at radius 3 is 1.92 bits per heavy atom. The molecule has 0 amide bonds. The van der Waals surface area contributed by atoms with Gasteiger partial charge in [0.2, 0.25) is 5.78 Å². The fourth-order valence-corrected chi connectivity index (χ4v) is 5.75. The first-order chi connectivity index (χ1) is 17.8. The van der Waals surface area contributed by atoms with Gasteiger partial charge < -0.3 is 4.57 Å². The van der Waals surface area contributed by atoms with E-state index in [1.807, 2.05) is 0 Å². The number of rotatable bonds is 2. The van der Waals surface area contributed by atoms with Crippen LogP contribution in [-0.2, 0) is 0 Å². The summed E-state index contributed by atoms with van der Waals surface area (Å²) in [7, 11) is 0. The number of hydrogen-bond donors (Lipinski definition) is 0. The van der Waals surface area contributed by atoms with E-state index in [1.165, 1.54) is 21.9 Å². The molecule has 0 fully saturated rings. The monoisotopic (exact) mass is 462 g/mol. The molecule has 8 aromatic rings. The minimum absolute atomic E-state index is 0.922. The largest absolute Gasteiger partial charge is 0.307 e. The molecule has 4 nitrogen and oxygen atoms in total. The van der Waals surface area contributed by atoms with Crippen LogP contribution in [0.1, 0.15) is 5.56 Å². The predicted molar refractivity (Wildman–Crippen MR) is 149 cm³/mol. The molecule has 0 spiro atoms. The lowest BCUT2D eigenvalue weighted by Gasteiger charge is -2.08. The maximum absolute atomic E-state index is 5.37. The molecule has 0 saturated heterocycles. The summed E-state index contributed by atoms with van der Waals surface area (Å²) in [5.74, 6) is 0.922. The van der Waals surface area contributed by atoms with Gasteiger partial charge in [0.05, 0.1) is 27.6 Å². The zero-order valence-corrected chi connectivity index (χ0v) is 19.8. The second kappa shape index (κ2) is 7.09. The lowest BCUT2D eigenvalue weighted by molar-refractivity contribution is 1.11. The Morgan fingerprint density at radius 1 is 0.528 bits per heavy atom. The number of nitrogens with zero attached hydrogens (tertiary/aromatic N) is 4. The SMILES string of the molecule is Cc1ccc2c3ccc4c(nc5n(-c6ccccc6)c6ccccc6n45)c3n(-c3ccccc3)c2c1. The minimum atomic E-state index is 0.922. The van der Waals surface area contributed by atoms with Crippen molar-refractivity contribution in [2.75, 3.05) is 0 Å². The Labute approximate surface area is 207 Å².